The first-order chi connectivity index (χ1) is 8.79. The Kier molecular flexibility index (Phi) is 3.31. The van der Waals surface area contributed by atoms with Gasteiger partial charge in [0, 0.05) is 0 Å². The zero-order chi connectivity index (χ0) is 14.2. The molecule has 0 saturated heterocycles. The lowest BCUT2D eigenvalue weighted by Crippen LogP contribution is -2.22. The van der Waals surface area contributed by atoms with Gasteiger partial charge in [0.15, 0.2) is 0 Å². The number of aromatic nitrogens is 2. The van der Waals surface area contributed by atoms with E-state index in [0.29, 0.717) is 15.8 Å². The molecule has 0 unspecified atom stereocenters. The number of nitrogens with zero attached hydrogens (tertiary/aromatic N) is 2. The lowest BCUT2D eigenvalue weighted by Gasteiger charge is -2.09. The highest BCUT2D eigenvalue weighted by molar-refractivity contribution is 7.20. The van der Waals surface area contributed by atoms with Crippen LogP contribution in [0.1, 0.15) is 15.2 Å². The van der Waals surface area contributed by atoms with Gasteiger partial charge in [-0.25, -0.2) is 14.8 Å². The summed E-state index contributed by atoms with van der Waals surface area (Å²) >= 11 is 0.908. The number of hydrogen-bond donors (Lipinski definition) is 2. The van der Waals surface area contributed by atoms with E-state index in [0.717, 1.165) is 17.7 Å². The van der Waals surface area contributed by atoms with Crippen LogP contribution in [0.4, 0.5) is 19.0 Å². The molecule has 2 N–H and O–H groups in total. The zero-order valence-electron chi connectivity index (χ0n) is 9.58. The Morgan fingerprint density at radius 2 is 2.16 bits per heavy atom. The van der Waals surface area contributed by atoms with Crippen LogP contribution in [0.25, 0.3) is 10.2 Å². The maximum atomic E-state index is 12.2. The number of aryl methyl sites for hydroxylation is 1. The first kappa shape index (κ1) is 13.5. The summed E-state index contributed by atoms with van der Waals surface area (Å²) in [4.78, 5) is 19.0. The summed E-state index contributed by atoms with van der Waals surface area (Å²) in [6.07, 6.45) is -3.28. The van der Waals surface area contributed by atoms with Crippen molar-refractivity contribution < 1.29 is 23.1 Å². The topological polar surface area (TPSA) is 75.1 Å². The minimum absolute atomic E-state index is 0.0106. The van der Waals surface area contributed by atoms with Gasteiger partial charge in [-0.3, -0.25) is 0 Å². The van der Waals surface area contributed by atoms with Crippen molar-refractivity contribution >= 4 is 33.3 Å². The molecule has 0 atom stereocenters. The van der Waals surface area contributed by atoms with Crippen molar-refractivity contribution in [3.8, 4) is 0 Å². The molecule has 2 aromatic heterocycles. The lowest BCUT2D eigenvalue weighted by molar-refractivity contribution is -0.115. The average molecular weight is 291 g/mol. The molecule has 102 valence electrons. The highest BCUT2D eigenvalue weighted by Gasteiger charge is 2.28. The Balaban J connectivity index is 2.47. The van der Waals surface area contributed by atoms with Gasteiger partial charge in [0.25, 0.3) is 0 Å². The summed E-state index contributed by atoms with van der Waals surface area (Å²) in [5.74, 6) is -1.15. The number of carboxylic acids is 1. The van der Waals surface area contributed by atoms with Gasteiger partial charge in [0.1, 0.15) is 28.4 Å². The van der Waals surface area contributed by atoms with Crippen molar-refractivity contribution in [2.45, 2.75) is 13.1 Å². The molecule has 0 aliphatic carbocycles. The van der Waals surface area contributed by atoms with Crippen LogP contribution in [0.15, 0.2) is 6.33 Å². The van der Waals surface area contributed by atoms with Crippen molar-refractivity contribution in [2.24, 2.45) is 0 Å². The highest BCUT2D eigenvalue weighted by Crippen LogP contribution is 2.33. The van der Waals surface area contributed by atoms with Crippen molar-refractivity contribution in [1.29, 1.82) is 0 Å². The first-order valence-electron chi connectivity index (χ1n) is 5.07. The van der Waals surface area contributed by atoms with Gasteiger partial charge >= 0.3 is 12.1 Å². The van der Waals surface area contributed by atoms with Crippen LogP contribution in [0.5, 0.6) is 0 Å². The predicted molar refractivity (Wildman–Crippen MR) is 63.7 cm³/mol. The van der Waals surface area contributed by atoms with Crippen LogP contribution >= 0.6 is 11.3 Å². The number of halogens is 3. The maximum Gasteiger partial charge on any atom is 0.405 e. The number of hydrogen-bond acceptors (Lipinski definition) is 5. The number of alkyl halides is 3. The minimum Gasteiger partial charge on any atom is -0.477 e. The Morgan fingerprint density at radius 3 is 2.74 bits per heavy atom. The molecular weight excluding hydrogens is 283 g/mol. The quantitative estimate of drug-likeness (QED) is 0.909. The van der Waals surface area contributed by atoms with Crippen LogP contribution in [0, 0.1) is 6.92 Å². The normalized spacial score (nSPS) is 11.8. The Morgan fingerprint density at radius 1 is 1.47 bits per heavy atom. The van der Waals surface area contributed by atoms with E-state index in [-0.39, 0.29) is 10.7 Å². The van der Waals surface area contributed by atoms with Crippen LogP contribution in [-0.4, -0.2) is 33.8 Å². The zero-order valence-corrected chi connectivity index (χ0v) is 10.4. The number of aromatic carboxylic acids is 1. The standard InChI is InChI=1S/C10H8F3N3O2S/c1-4-5-7(14-2-10(11,12)13)15-3-16-8(5)19-6(4)9(17)18/h3H,2H2,1H3,(H,17,18)(H,14,15,16). The molecule has 0 amide bonds. The summed E-state index contributed by atoms with van der Waals surface area (Å²) in [7, 11) is 0. The first-order valence-corrected chi connectivity index (χ1v) is 5.89. The van der Waals surface area contributed by atoms with E-state index in [1.54, 1.807) is 0 Å². The molecule has 0 radical (unpaired) electrons. The largest absolute Gasteiger partial charge is 0.477 e. The fraction of sp³-hybridized carbons (Fsp3) is 0.300. The monoisotopic (exact) mass is 291 g/mol. The highest BCUT2D eigenvalue weighted by atomic mass is 32.1. The van der Waals surface area contributed by atoms with Crippen LogP contribution in [0.3, 0.4) is 0 Å². The fourth-order valence-corrected chi connectivity index (χ4v) is 2.58. The molecule has 19 heavy (non-hydrogen) atoms. The van der Waals surface area contributed by atoms with Gasteiger partial charge in [-0.2, -0.15) is 13.2 Å². The van der Waals surface area contributed by atoms with Gasteiger partial charge in [-0.15, -0.1) is 11.3 Å². The average Bonchev–Trinajstić information content (AvgIpc) is 2.64. The van der Waals surface area contributed by atoms with Crippen molar-refractivity contribution in [3.05, 3.63) is 16.8 Å². The van der Waals surface area contributed by atoms with Gasteiger partial charge in [0.2, 0.25) is 0 Å². The summed E-state index contributed by atoms with van der Waals surface area (Å²) in [5.41, 5.74) is 0.359. The molecule has 5 nitrogen and oxygen atoms in total. The van der Waals surface area contributed by atoms with E-state index < -0.39 is 18.7 Å². The third kappa shape index (κ3) is 2.75. The molecule has 2 heterocycles. The summed E-state index contributed by atoms with van der Waals surface area (Å²) < 4.78 is 36.5. The Labute approximate surface area is 109 Å². The molecule has 0 aromatic carbocycles. The molecule has 0 aliphatic rings. The molecule has 0 aliphatic heterocycles. The second-order valence-electron chi connectivity index (χ2n) is 3.73. The van der Waals surface area contributed by atoms with Crippen LogP contribution < -0.4 is 5.32 Å². The molecule has 2 rings (SSSR count). The SMILES string of the molecule is Cc1c(C(=O)O)sc2ncnc(NCC(F)(F)F)c12. The summed E-state index contributed by atoms with van der Waals surface area (Å²) in [5, 5.41) is 11.5. The Bertz CT molecular complexity index is 639. The molecule has 0 bridgehead atoms. The molecule has 0 fully saturated rings. The molecule has 9 heteroatoms. The number of fused-ring (bicyclic) bond motifs is 1. The summed E-state index contributed by atoms with van der Waals surface area (Å²) in [6, 6.07) is 0. The lowest BCUT2D eigenvalue weighted by atomic mass is 10.2. The minimum atomic E-state index is -4.38. The fourth-order valence-electron chi connectivity index (χ4n) is 1.59. The van der Waals surface area contributed by atoms with Gasteiger partial charge in [0.05, 0.1) is 5.39 Å². The van der Waals surface area contributed by atoms with Gasteiger partial charge < -0.3 is 10.4 Å². The maximum absolute atomic E-state index is 12.2. The van der Waals surface area contributed by atoms with E-state index in [1.807, 2.05) is 0 Å². The van der Waals surface area contributed by atoms with Crippen LogP contribution in [-0.2, 0) is 0 Å². The van der Waals surface area contributed by atoms with E-state index in [4.69, 9.17) is 5.11 Å². The van der Waals surface area contributed by atoms with Crippen molar-refractivity contribution in [3.63, 3.8) is 0 Å². The van der Waals surface area contributed by atoms with Crippen molar-refractivity contribution in [2.75, 3.05) is 11.9 Å². The smallest absolute Gasteiger partial charge is 0.405 e. The number of carbonyl (C=O) groups is 1. The Hall–Kier alpha value is -1.90. The molecule has 0 saturated carbocycles. The molecular formula is C10H8F3N3O2S. The third-order valence-electron chi connectivity index (χ3n) is 2.38. The number of carboxylic acid groups (broad SMARTS) is 1. The van der Waals surface area contributed by atoms with Gasteiger partial charge in [-0.1, -0.05) is 0 Å². The number of nitrogens with one attached hydrogen (secondary N) is 1. The third-order valence-corrected chi connectivity index (χ3v) is 3.57. The second-order valence-corrected chi connectivity index (χ2v) is 4.73. The van der Waals surface area contributed by atoms with Crippen LogP contribution in [0.2, 0.25) is 0 Å². The van der Waals surface area contributed by atoms with E-state index in [2.05, 4.69) is 15.3 Å². The number of anilines is 1. The molecule has 2 aromatic rings. The summed E-state index contributed by atoms with van der Waals surface area (Å²) in [6.45, 7) is 0.279. The van der Waals surface area contributed by atoms with E-state index >= 15 is 0 Å². The van der Waals surface area contributed by atoms with Crippen molar-refractivity contribution in [1.82, 2.24) is 9.97 Å². The van der Waals surface area contributed by atoms with E-state index in [9.17, 15) is 18.0 Å². The molecule has 0 spiro atoms. The van der Waals surface area contributed by atoms with Gasteiger partial charge in [-0.05, 0) is 12.5 Å². The number of rotatable bonds is 3. The van der Waals surface area contributed by atoms with E-state index in [1.165, 1.54) is 6.92 Å². The second kappa shape index (κ2) is 4.65. The predicted octanol–water partition coefficient (Wildman–Crippen LogP) is 2.67. The number of thiophene rings is 1.